The number of benzene rings is 3. The van der Waals surface area contributed by atoms with Crippen LogP contribution >= 0.6 is 0 Å². The summed E-state index contributed by atoms with van der Waals surface area (Å²) >= 11 is 0. The number of carbonyl (C=O) groups excluding carboxylic acids is 1. The standard InChI is InChI=1S/C20H14N2O3S/c23-20(14-8-2-1-3-9-14)21-17-12-6-4-10-15(17)19-16-11-5-7-13-18(16)26(24,25)22-19/h1-13H,(H,21,23). The Morgan fingerprint density at radius 1 is 0.769 bits per heavy atom. The van der Waals surface area contributed by atoms with Gasteiger partial charge in [0.2, 0.25) is 0 Å². The first-order valence-electron chi connectivity index (χ1n) is 7.96. The van der Waals surface area contributed by atoms with Gasteiger partial charge in [-0.25, -0.2) is 0 Å². The van der Waals surface area contributed by atoms with Gasteiger partial charge < -0.3 is 5.32 Å². The molecule has 5 nitrogen and oxygen atoms in total. The molecule has 1 aliphatic heterocycles. The Morgan fingerprint density at radius 2 is 1.38 bits per heavy atom. The molecule has 0 aliphatic carbocycles. The van der Waals surface area contributed by atoms with Crippen LogP contribution in [0.2, 0.25) is 0 Å². The van der Waals surface area contributed by atoms with Gasteiger partial charge in [-0.2, -0.15) is 12.8 Å². The number of anilines is 1. The lowest BCUT2D eigenvalue weighted by Gasteiger charge is -2.11. The summed E-state index contributed by atoms with van der Waals surface area (Å²) in [5, 5.41) is 2.85. The van der Waals surface area contributed by atoms with E-state index in [0.717, 1.165) is 0 Å². The molecule has 3 aromatic carbocycles. The lowest BCUT2D eigenvalue weighted by molar-refractivity contribution is 0.102. The average Bonchev–Trinajstić information content (AvgIpc) is 2.94. The highest BCUT2D eigenvalue weighted by atomic mass is 32.2. The molecule has 0 saturated carbocycles. The highest BCUT2D eigenvalue weighted by molar-refractivity contribution is 7.90. The summed E-state index contributed by atoms with van der Waals surface area (Å²) < 4.78 is 28.6. The van der Waals surface area contributed by atoms with Crippen molar-refractivity contribution >= 4 is 27.3 Å². The molecule has 0 atom stereocenters. The molecule has 1 heterocycles. The number of para-hydroxylation sites is 1. The van der Waals surface area contributed by atoms with Gasteiger partial charge in [-0.05, 0) is 24.3 Å². The molecule has 128 valence electrons. The number of sulfonamides is 1. The molecule has 4 rings (SSSR count). The van der Waals surface area contributed by atoms with Crippen molar-refractivity contribution in [3.63, 3.8) is 0 Å². The van der Waals surface area contributed by atoms with E-state index in [1.165, 1.54) is 6.07 Å². The van der Waals surface area contributed by atoms with Crippen LogP contribution in [0.3, 0.4) is 0 Å². The monoisotopic (exact) mass is 362 g/mol. The maximum absolute atomic E-state index is 12.5. The van der Waals surface area contributed by atoms with Crippen LogP contribution < -0.4 is 5.32 Å². The zero-order valence-electron chi connectivity index (χ0n) is 13.6. The van der Waals surface area contributed by atoms with Gasteiger partial charge in [0.1, 0.15) is 0 Å². The summed E-state index contributed by atoms with van der Waals surface area (Å²) in [4.78, 5) is 12.7. The van der Waals surface area contributed by atoms with Crippen molar-refractivity contribution in [2.24, 2.45) is 4.40 Å². The molecule has 0 unspecified atom stereocenters. The zero-order chi connectivity index (χ0) is 18.1. The first kappa shape index (κ1) is 16.2. The third kappa shape index (κ3) is 2.80. The van der Waals surface area contributed by atoms with Crippen molar-refractivity contribution in [3.05, 3.63) is 95.6 Å². The molecule has 1 N–H and O–H groups in total. The van der Waals surface area contributed by atoms with Crippen LogP contribution in [0.4, 0.5) is 5.69 Å². The minimum absolute atomic E-state index is 0.180. The summed E-state index contributed by atoms with van der Waals surface area (Å²) in [7, 11) is -3.73. The van der Waals surface area contributed by atoms with E-state index in [-0.39, 0.29) is 10.8 Å². The highest BCUT2D eigenvalue weighted by Crippen LogP contribution is 2.31. The van der Waals surface area contributed by atoms with Gasteiger partial charge >= 0.3 is 0 Å². The molecule has 1 amide bonds. The van der Waals surface area contributed by atoms with Crippen molar-refractivity contribution in [3.8, 4) is 0 Å². The Balaban J connectivity index is 1.77. The number of hydrogen-bond donors (Lipinski definition) is 1. The summed E-state index contributed by atoms with van der Waals surface area (Å²) in [5.74, 6) is -0.271. The molecule has 3 aromatic rings. The fourth-order valence-electron chi connectivity index (χ4n) is 2.88. The second-order valence-electron chi connectivity index (χ2n) is 5.78. The molecule has 0 saturated heterocycles. The van der Waals surface area contributed by atoms with Crippen LogP contribution in [-0.4, -0.2) is 20.0 Å². The van der Waals surface area contributed by atoms with Crippen LogP contribution in [0.1, 0.15) is 21.5 Å². The molecule has 0 aromatic heterocycles. The van der Waals surface area contributed by atoms with E-state index in [1.54, 1.807) is 66.7 Å². The molecule has 0 bridgehead atoms. The molecule has 26 heavy (non-hydrogen) atoms. The van der Waals surface area contributed by atoms with Gasteiger partial charge in [0.15, 0.2) is 0 Å². The minimum Gasteiger partial charge on any atom is -0.321 e. The largest absolute Gasteiger partial charge is 0.321 e. The first-order valence-corrected chi connectivity index (χ1v) is 9.40. The average molecular weight is 362 g/mol. The molecule has 1 aliphatic rings. The summed E-state index contributed by atoms with van der Waals surface area (Å²) in [5.41, 5.74) is 2.46. The molecular formula is C20H14N2O3S. The van der Waals surface area contributed by atoms with Crippen molar-refractivity contribution < 1.29 is 13.2 Å². The van der Waals surface area contributed by atoms with Crippen LogP contribution in [-0.2, 0) is 10.0 Å². The number of rotatable bonds is 3. The smallest absolute Gasteiger partial charge is 0.283 e. The quantitative estimate of drug-likeness (QED) is 0.775. The predicted octanol–water partition coefficient (Wildman–Crippen LogP) is 3.48. The second kappa shape index (κ2) is 6.24. The van der Waals surface area contributed by atoms with Crippen molar-refractivity contribution in [1.29, 1.82) is 0 Å². The Bertz CT molecular complexity index is 1140. The summed E-state index contributed by atoms with van der Waals surface area (Å²) in [6.07, 6.45) is 0. The third-order valence-corrected chi connectivity index (χ3v) is 5.43. The van der Waals surface area contributed by atoms with Gasteiger partial charge in [0.05, 0.1) is 16.3 Å². The predicted molar refractivity (Wildman–Crippen MR) is 100 cm³/mol. The SMILES string of the molecule is O=C(Nc1ccccc1C1=NS(=O)(=O)c2ccccc21)c1ccccc1. The molecule has 0 fully saturated rings. The van der Waals surface area contributed by atoms with Gasteiger partial charge in [-0.1, -0.05) is 54.6 Å². The van der Waals surface area contributed by atoms with Crippen molar-refractivity contribution in [2.75, 3.05) is 5.32 Å². The third-order valence-electron chi connectivity index (χ3n) is 4.10. The maximum Gasteiger partial charge on any atom is 0.283 e. The summed E-state index contributed by atoms with van der Waals surface area (Å²) in [6.45, 7) is 0. The summed E-state index contributed by atoms with van der Waals surface area (Å²) in [6, 6.07) is 22.5. The van der Waals surface area contributed by atoms with Gasteiger partial charge in [-0.3, -0.25) is 4.79 Å². The first-order chi connectivity index (χ1) is 12.6. The zero-order valence-corrected chi connectivity index (χ0v) is 14.4. The van der Waals surface area contributed by atoms with E-state index in [2.05, 4.69) is 9.71 Å². The van der Waals surface area contributed by atoms with Crippen LogP contribution in [0.15, 0.2) is 88.2 Å². The number of carbonyl (C=O) groups is 1. The van der Waals surface area contributed by atoms with E-state index in [4.69, 9.17) is 0 Å². The molecule has 0 spiro atoms. The number of nitrogens with zero attached hydrogens (tertiary/aromatic N) is 1. The number of nitrogens with one attached hydrogen (secondary N) is 1. The van der Waals surface area contributed by atoms with Gasteiger partial charge in [-0.15, -0.1) is 0 Å². The lowest BCUT2D eigenvalue weighted by atomic mass is 10.0. The number of fused-ring (bicyclic) bond motifs is 1. The van der Waals surface area contributed by atoms with E-state index in [9.17, 15) is 13.2 Å². The van der Waals surface area contributed by atoms with Crippen LogP contribution in [0.25, 0.3) is 0 Å². The van der Waals surface area contributed by atoms with E-state index in [0.29, 0.717) is 28.1 Å². The Morgan fingerprint density at radius 3 is 2.15 bits per heavy atom. The number of hydrogen-bond acceptors (Lipinski definition) is 3. The van der Waals surface area contributed by atoms with E-state index >= 15 is 0 Å². The molecule has 6 heteroatoms. The van der Waals surface area contributed by atoms with Crippen LogP contribution in [0, 0.1) is 0 Å². The molecular weight excluding hydrogens is 348 g/mol. The maximum atomic E-state index is 12.5. The Labute approximate surface area is 151 Å². The van der Waals surface area contributed by atoms with E-state index < -0.39 is 10.0 Å². The Hall–Kier alpha value is -3.25. The van der Waals surface area contributed by atoms with Crippen LogP contribution in [0.5, 0.6) is 0 Å². The van der Waals surface area contributed by atoms with E-state index in [1.807, 2.05) is 6.07 Å². The Kier molecular flexibility index (Phi) is 3.89. The fraction of sp³-hybridized carbons (Fsp3) is 0. The molecule has 0 radical (unpaired) electrons. The van der Waals surface area contributed by atoms with Gasteiger partial charge in [0.25, 0.3) is 15.9 Å². The van der Waals surface area contributed by atoms with Crippen molar-refractivity contribution in [1.82, 2.24) is 0 Å². The normalized spacial score (nSPS) is 14.4. The minimum atomic E-state index is -3.73. The number of amides is 1. The topological polar surface area (TPSA) is 75.6 Å². The van der Waals surface area contributed by atoms with Crippen molar-refractivity contribution in [2.45, 2.75) is 4.90 Å². The highest BCUT2D eigenvalue weighted by Gasteiger charge is 2.30. The fourth-order valence-corrected chi connectivity index (χ4v) is 4.11. The van der Waals surface area contributed by atoms with Gasteiger partial charge in [0, 0.05) is 16.7 Å². The second-order valence-corrected chi connectivity index (χ2v) is 7.35. The lowest BCUT2D eigenvalue weighted by Crippen LogP contribution is -2.15.